The number of thioether (sulfide) groups is 1. The lowest BCUT2D eigenvalue weighted by atomic mass is 10.1. The van der Waals surface area contributed by atoms with E-state index in [-0.39, 0.29) is 10.9 Å². The summed E-state index contributed by atoms with van der Waals surface area (Å²) in [6.07, 6.45) is 3.39. The molecule has 4 aromatic rings. The van der Waals surface area contributed by atoms with Crippen molar-refractivity contribution in [3.05, 3.63) is 72.3 Å². The molecular weight excluding hydrogens is 426 g/mol. The predicted octanol–water partition coefficient (Wildman–Crippen LogP) is 2.55. The number of rotatable bonds is 7. The smallest absolute Gasteiger partial charge is 0.359 e. The van der Waals surface area contributed by atoms with Crippen molar-refractivity contribution in [2.45, 2.75) is 16.4 Å². The first-order valence-electron chi connectivity index (χ1n) is 8.84. The molecule has 0 saturated heterocycles. The Hall–Kier alpha value is -3.18. The number of hydrogen-bond acceptors (Lipinski definition) is 8. The molecule has 1 atom stereocenters. The number of fused-ring (bicyclic) bond motifs is 1. The summed E-state index contributed by atoms with van der Waals surface area (Å²) in [4.78, 5) is 21.2. The van der Waals surface area contributed by atoms with Gasteiger partial charge in [0.25, 0.3) is 0 Å². The summed E-state index contributed by atoms with van der Waals surface area (Å²) in [5.74, 6) is -0.323. The maximum Gasteiger partial charge on any atom is 0.359 e. The van der Waals surface area contributed by atoms with Gasteiger partial charge < -0.3 is 4.74 Å². The number of nitrogens with zero attached hydrogens (tertiary/aromatic N) is 4. The van der Waals surface area contributed by atoms with Crippen molar-refractivity contribution in [3.63, 3.8) is 0 Å². The van der Waals surface area contributed by atoms with Gasteiger partial charge in [0.05, 0.1) is 5.52 Å². The van der Waals surface area contributed by atoms with Crippen LogP contribution < -0.4 is 0 Å². The minimum absolute atomic E-state index is 0.0541. The van der Waals surface area contributed by atoms with E-state index in [9.17, 15) is 13.2 Å². The number of aromatic nitrogens is 5. The fourth-order valence-electron chi connectivity index (χ4n) is 2.89. The Morgan fingerprint density at radius 3 is 2.67 bits per heavy atom. The first-order valence-corrected chi connectivity index (χ1v) is 11.7. The first-order chi connectivity index (χ1) is 14.4. The molecule has 1 N–H and O–H groups in total. The highest BCUT2D eigenvalue weighted by Gasteiger charge is 2.26. The van der Waals surface area contributed by atoms with E-state index in [1.807, 2.05) is 30.3 Å². The molecule has 0 bridgehead atoms. The van der Waals surface area contributed by atoms with Crippen molar-refractivity contribution in [1.82, 2.24) is 24.6 Å². The second kappa shape index (κ2) is 8.28. The van der Waals surface area contributed by atoms with Gasteiger partial charge in [-0.25, -0.2) is 23.2 Å². The number of carbonyl (C=O) groups is 1. The molecule has 0 aliphatic rings. The minimum atomic E-state index is -3.64. The Bertz CT molecular complexity index is 1270. The van der Waals surface area contributed by atoms with E-state index >= 15 is 0 Å². The van der Waals surface area contributed by atoms with Gasteiger partial charge in [-0.15, -0.1) is 0 Å². The number of H-pyrrole nitrogens is 1. The van der Waals surface area contributed by atoms with Crippen LogP contribution >= 0.6 is 11.8 Å². The van der Waals surface area contributed by atoms with Crippen LogP contribution in [0.4, 0.5) is 0 Å². The van der Waals surface area contributed by atoms with Crippen LogP contribution in [0, 0.1) is 0 Å². The topological polar surface area (TPSA) is 119 Å². The largest absolute Gasteiger partial charge is 0.452 e. The molecule has 1 aromatic carbocycles. The third-order valence-corrected chi connectivity index (χ3v) is 6.12. The quantitative estimate of drug-likeness (QED) is 0.342. The van der Waals surface area contributed by atoms with Crippen LogP contribution in [0.1, 0.15) is 22.2 Å². The standard InChI is InChI=1S/C19H17N5O4S2/c1-30(26,27)19-22-16(14-9-5-6-10-24(14)19)17(25)28-15(13-7-3-2-4-8-13)11-29-18-20-12-21-23-18/h2-10,12,15H,11H2,1H3,(H,20,21,23)/t15-/m1/s1. The molecule has 0 spiro atoms. The number of esters is 1. The molecule has 0 unspecified atom stereocenters. The number of imidazole rings is 1. The summed E-state index contributed by atoms with van der Waals surface area (Å²) in [6.45, 7) is 0. The van der Waals surface area contributed by atoms with E-state index in [4.69, 9.17) is 4.74 Å². The van der Waals surface area contributed by atoms with Crippen LogP contribution in [-0.2, 0) is 14.6 Å². The van der Waals surface area contributed by atoms with Gasteiger partial charge in [-0.1, -0.05) is 48.2 Å². The predicted molar refractivity (Wildman–Crippen MR) is 110 cm³/mol. The number of nitrogens with one attached hydrogen (secondary N) is 1. The minimum Gasteiger partial charge on any atom is -0.452 e. The molecular formula is C19H17N5O4S2. The zero-order valence-electron chi connectivity index (χ0n) is 15.8. The number of ether oxygens (including phenoxy) is 1. The van der Waals surface area contributed by atoms with Crippen molar-refractivity contribution in [3.8, 4) is 0 Å². The summed E-state index contributed by atoms with van der Waals surface area (Å²) < 4.78 is 31.3. The van der Waals surface area contributed by atoms with Crippen LogP contribution in [-0.4, -0.2) is 51.0 Å². The van der Waals surface area contributed by atoms with Gasteiger partial charge in [0.1, 0.15) is 12.4 Å². The van der Waals surface area contributed by atoms with Gasteiger partial charge in [0.2, 0.25) is 15.0 Å². The van der Waals surface area contributed by atoms with E-state index in [0.29, 0.717) is 16.4 Å². The first kappa shape index (κ1) is 20.1. The van der Waals surface area contributed by atoms with Crippen molar-refractivity contribution in [2.75, 3.05) is 12.0 Å². The molecule has 0 radical (unpaired) electrons. The van der Waals surface area contributed by atoms with Crippen molar-refractivity contribution in [1.29, 1.82) is 0 Å². The number of pyridine rings is 1. The summed E-state index contributed by atoms with van der Waals surface area (Å²) >= 11 is 1.35. The van der Waals surface area contributed by atoms with Crippen molar-refractivity contribution >= 4 is 33.1 Å². The average molecular weight is 444 g/mol. The van der Waals surface area contributed by atoms with Crippen LogP contribution in [0.15, 0.2) is 71.4 Å². The SMILES string of the molecule is CS(=O)(=O)c1nc(C(=O)O[C@H](CSc2ncn[nH]2)c2ccccc2)c2ccccn12. The Morgan fingerprint density at radius 1 is 1.20 bits per heavy atom. The Kier molecular flexibility index (Phi) is 5.55. The van der Waals surface area contributed by atoms with E-state index in [1.165, 1.54) is 22.5 Å². The van der Waals surface area contributed by atoms with E-state index in [1.54, 1.807) is 24.4 Å². The zero-order valence-corrected chi connectivity index (χ0v) is 17.4. The maximum atomic E-state index is 13.0. The lowest BCUT2D eigenvalue weighted by Gasteiger charge is -2.17. The zero-order chi connectivity index (χ0) is 21.1. The Balaban J connectivity index is 1.66. The lowest BCUT2D eigenvalue weighted by molar-refractivity contribution is 0.0343. The number of aromatic amines is 1. The molecule has 11 heteroatoms. The number of carbonyl (C=O) groups excluding carboxylic acids is 1. The highest BCUT2D eigenvalue weighted by molar-refractivity contribution is 7.99. The molecule has 0 saturated carbocycles. The number of benzene rings is 1. The average Bonchev–Trinajstić information content (AvgIpc) is 3.39. The van der Waals surface area contributed by atoms with Gasteiger partial charge in [-0.3, -0.25) is 9.50 Å². The summed E-state index contributed by atoms with van der Waals surface area (Å²) in [7, 11) is -3.64. The lowest BCUT2D eigenvalue weighted by Crippen LogP contribution is -2.15. The van der Waals surface area contributed by atoms with Crippen LogP contribution in [0.3, 0.4) is 0 Å². The van der Waals surface area contributed by atoms with Crippen molar-refractivity contribution in [2.24, 2.45) is 0 Å². The van der Waals surface area contributed by atoms with Crippen LogP contribution in [0.25, 0.3) is 5.52 Å². The maximum absolute atomic E-state index is 13.0. The Labute approximate surface area is 176 Å². The normalized spacial score (nSPS) is 12.7. The van der Waals surface area contributed by atoms with Gasteiger partial charge in [0, 0.05) is 18.2 Å². The molecule has 154 valence electrons. The van der Waals surface area contributed by atoms with Crippen molar-refractivity contribution < 1.29 is 17.9 Å². The van der Waals surface area contributed by atoms with Gasteiger partial charge in [-0.2, -0.15) is 5.10 Å². The highest BCUT2D eigenvalue weighted by atomic mass is 32.2. The van der Waals surface area contributed by atoms with E-state index < -0.39 is 21.9 Å². The molecule has 0 aliphatic carbocycles. The molecule has 9 nitrogen and oxygen atoms in total. The van der Waals surface area contributed by atoms with E-state index in [2.05, 4.69) is 20.2 Å². The number of hydrogen-bond donors (Lipinski definition) is 1. The third kappa shape index (κ3) is 4.21. The third-order valence-electron chi connectivity index (χ3n) is 4.23. The summed E-state index contributed by atoms with van der Waals surface area (Å²) in [6, 6.07) is 14.3. The highest BCUT2D eigenvalue weighted by Crippen LogP contribution is 2.27. The molecule has 30 heavy (non-hydrogen) atoms. The molecule has 4 rings (SSSR count). The molecule has 0 amide bonds. The fraction of sp³-hybridized carbons (Fsp3) is 0.158. The van der Waals surface area contributed by atoms with Crippen LogP contribution in [0.5, 0.6) is 0 Å². The molecule has 0 aliphatic heterocycles. The van der Waals surface area contributed by atoms with Gasteiger partial charge in [0.15, 0.2) is 10.9 Å². The van der Waals surface area contributed by atoms with Crippen LogP contribution in [0.2, 0.25) is 0 Å². The monoisotopic (exact) mass is 443 g/mol. The second-order valence-electron chi connectivity index (χ2n) is 6.38. The second-order valence-corrected chi connectivity index (χ2v) is 9.30. The number of sulfone groups is 1. The summed E-state index contributed by atoms with van der Waals surface area (Å²) in [5.41, 5.74) is 1.10. The fourth-order valence-corrected chi connectivity index (χ4v) is 4.47. The van der Waals surface area contributed by atoms with Gasteiger partial charge in [-0.05, 0) is 17.7 Å². The molecule has 3 heterocycles. The van der Waals surface area contributed by atoms with Gasteiger partial charge >= 0.3 is 5.97 Å². The molecule has 3 aromatic heterocycles. The summed E-state index contributed by atoms with van der Waals surface area (Å²) in [5, 5.41) is 6.94. The van der Waals surface area contributed by atoms with E-state index in [0.717, 1.165) is 11.8 Å². The Morgan fingerprint density at radius 2 is 1.97 bits per heavy atom. The molecule has 0 fully saturated rings.